The summed E-state index contributed by atoms with van der Waals surface area (Å²) in [5.74, 6) is 0. The van der Waals surface area contributed by atoms with Gasteiger partial charge in [-0.3, -0.25) is 4.98 Å². The lowest BCUT2D eigenvalue weighted by atomic mass is 9.76. The van der Waals surface area contributed by atoms with Gasteiger partial charge in [-0.05, 0) is 41.7 Å². The van der Waals surface area contributed by atoms with E-state index < -0.39 is 5.60 Å². The molecule has 1 aromatic heterocycles. The number of pyridine rings is 1. The molecule has 0 amide bonds. The third kappa shape index (κ3) is 3.38. The van der Waals surface area contributed by atoms with E-state index in [2.05, 4.69) is 25.8 Å². The van der Waals surface area contributed by atoms with Crippen LogP contribution >= 0.6 is 11.6 Å². The molecule has 3 heteroatoms. The standard InChI is InChI=1S/C17H20ClNO/c1-16(2,3)12-17(20,15-6-4-5-11-19-15)13-7-9-14(18)10-8-13/h4-11,20H,12H2,1-3H3/t17-/m0/s1. The van der Waals surface area contributed by atoms with Gasteiger partial charge in [0.25, 0.3) is 0 Å². The zero-order valence-corrected chi connectivity index (χ0v) is 12.9. The Kier molecular flexibility index (Phi) is 4.17. The average Bonchev–Trinajstić information content (AvgIpc) is 2.38. The fourth-order valence-electron chi connectivity index (χ4n) is 2.44. The summed E-state index contributed by atoms with van der Waals surface area (Å²) >= 11 is 5.94. The molecule has 0 bridgehead atoms. The van der Waals surface area contributed by atoms with Crippen LogP contribution in [0.15, 0.2) is 48.7 Å². The van der Waals surface area contributed by atoms with E-state index in [1.807, 2.05) is 30.3 Å². The molecule has 0 aliphatic rings. The summed E-state index contributed by atoms with van der Waals surface area (Å²) in [6.07, 6.45) is 2.29. The molecule has 0 saturated heterocycles. The second-order valence-electron chi connectivity index (χ2n) is 6.32. The first-order valence-corrected chi connectivity index (χ1v) is 7.09. The van der Waals surface area contributed by atoms with Crippen molar-refractivity contribution < 1.29 is 5.11 Å². The smallest absolute Gasteiger partial charge is 0.132 e. The number of aromatic nitrogens is 1. The quantitative estimate of drug-likeness (QED) is 0.908. The van der Waals surface area contributed by atoms with Crippen molar-refractivity contribution in [3.8, 4) is 0 Å². The molecule has 106 valence electrons. The van der Waals surface area contributed by atoms with Crippen LogP contribution in [0.25, 0.3) is 0 Å². The average molecular weight is 290 g/mol. The Hall–Kier alpha value is -1.38. The monoisotopic (exact) mass is 289 g/mol. The van der Waals surface area contributed by atoms with E-state index in [1.54, 1.807) is 18.3 Å². The van der Waals surface area contributed by atoms with Crippen LogP contribution in [0.5, 0.6) is 0 Å². The third-order valence-corrected chi connectivity index (χ3v) is 3.45. The number of benzene rings is 1. The highest BCUT2D eigenvalue weighted by Crippen LogP contribution is 2.39. The molecule has 20 heavy (non-hydrogen) atoms. The first-order valence-electron chi connectivity index (χ1n) is 6.71. The van der Waals surface area contributed by atoms with Crippen LogP contribution in [-0.4, -0.2) is 10.1 Å². The Morgan fingerprint density at radius 2 is 1.70 bits per heavy atom. The van der Waals surface area contributed by atoms with Gasteiger partial charge in [0.1, 0.15) is 5.60 Å². The van der Waals surface area contributed by atoms with Crippen LogP contribution in [0.2, 0.25) is 5.02 Å². The van der Waals surface area contributed by atoms with Gasteiger partial charge in [-0.25, -0.2) is 0 Å². The molecule has 0 spiro atoms. The van der Waals surface area contributed by atoms with Gasteiger partial charge in [-0.2, -0.15) is 0 Å². The van der Waals surface area contributed by atoms with E-state index in [0.717, 1.165) is 5.56 Å². The molecule has 0 fully saturated rings. The highest BCUT2D eigenvalue weighted by molar-refractivity contribution is 6.30. The summed E-state index contributed by atoms with van der Waals surface area (Å²) < 4.78 is 0. The van der Waals surface area contributed by atoms with Crippen molar-refractivity contribution in [2.75, 3.05) is 0 Å². The minimum absolute atomic E-state index is 0.0358. The number of halogens is 1. The van der Waals surface area contributed by atoms with Gasteiger partial charge in [-0.1, -0.05) is 50.6 Å². The lowest BCUT2D eigenvalue weighted by Crippen LogP contribution is -2.33. The molecule has 0 saturated carbocycles. The van der Waals surface area contributed by atoms with Crippen molar-refractivity contribution in [2.45, 2.75) is 32.8 Å². The normalized spacial score (nSPS) is 14.8. The second kappa shape index (κ2) is 5.55. The van der Waals surface area contributed by atoms with Gasteiger partial charge >= 0.3 is 0 Å². The predicted octanol–water partition coefficient (Wildman–Crippen LogP) is 4.41. The Bertz CT molecular complexity index is 560. The molecular formula is C17H20ClNO. The molecule has 1 atom stereocenters. The maximum atomic E-state index is 11.3. The Morgan fingerprint density at radius 1 is 1.05 bits per heavy atom. The maximum absolute atomic E-state index is 11.3. The highest BCUT2D eigenvalue weighted by Gasteiger charge is 2.37. The predicted molar refractivity (Wildman–Crippen MR) is 82.8 cm³/mol. The van der Waals surface area contributed by atoms with E-state index in [1.165, 1.54) is 0 Å². The van der Waals surface area contributed by atoms with E-state index in [4.69, 9.17) is 11.6 Å². The molecular weight excluding hydrogens is 270 g/mol. The van der Waals surface area contributed by atoms with E-state index in [0.29, 0.717) is 17.1 Å². The lowest BCUT2D eigenvalue weighted by Gasteiger charge is -2.34. The van der Waals surface area contributed by atoms with Crippen molar-refractivity contribution in [1.82, 2.24) is 4.98 Å². The summed E-state index contributed by atoms with van der Waals surface area (Å²) in [5.41, 5.74) is 0.337. The van der Waals surface area contributed by atoms with Gasteiger partial charge < -0.3 is 5.11 Å². The minimum atomic E-state index is -1.11. The van der Waals surface area contributed by atoms with Crippen LogP contribution in [-0.2, 0) is 5.60 Å². The zero-order valence-electron chi connectivity index (χ0n) is 12.1. The molecule has 1 heterocycles. The third-order valence-electron chi connectivity index (χ3n) is 3.20. The largest absolute Gasteiger partial charge is 0.379 e. The summed E-state index contributed by atoms with van der Waals surface area (Å²) in [7, 11) is 0. The molecule has 0 aliphatic carbocycles. The first-order chi connectivity index (χ1) is 9.31. The van der Waals surface area contributed by atoms with Crippen molar-refractivity contribution in [2.24, 2.45) is 5.41 Å². The summed E-state index contributed by atoms with van der Waals surface area (Å²) in [5, 5.41) is 11.9. The van der Waals surface area contributed by atoms with Gasteiger partial charge in [0.15, 0.2) is 0 Å². The van der Waals surface area contributed by atoms with E-state index in [-0.39, 0.29) is 5.41 Å². The molecule has 1 N–H and O–H groups in total. The first kappa shape index (κ1) is 15.0. The topological polar surface area (TPSA) is 33.1 Å². The molecule has 2 rings (SSSR count). The second-order valence-corrected chi connectivity index (χ2v) is 6.76. The number of aliphatic hydroxyl groups is 1. The number of rotatable bonds is 3. The van der Waals surface area contributed by atoms with Crippen molar-refractivity contribution >= 4 is 11.6 Å². The number of hydrogen-bond acceptors (Lipinski definition) is 2. The number of hydrogen-bond donors (Lipinski definition) is 1. The fourth-order valence-corrected chi connectivity index (χ4v) is 2.57. The molecule has 0 radical (unpaired) electrons. The number of nitrogens with zero attached hydrogens (tertiary/aromatic N) is 1. The Balaban J connectivity index is 2.52. The van der Waals surface area contributed by atoms with Crippen LogP contribution < -0.4 is 0 Å². The van der Waals surface area contributed by atoms with Crippen molar-refractivity contribution in [3.05, 3.63) is 64.9 Å². The van der Waals surface area contributed by atoms with Crippen molar-refractivity contribution in [3.63, 3.8) is 0 Å². The van der Waals surface area contributed by atoms with Crippen molar-refractivity contribution in [1.29, 1.82) is 0 Å². The van der Waals surface area contributed by atoms with Gasteiger partial charge in [-0.15, -0.1) is 0 Å². The summed E-state index contributed by atoms with van der Waals surface area (Å²) in [4.78, 5) is 4.35. The lowest BCUT2D eigenvalue weighted by molar-refractivity contribution is 0.0322. The highest BCUT2D eigenvalue weighted by atomic mass is 35.5. The van der Waals surface area contributed by atoms with Crippen LogP contribution in [0.4, 0.5) is 0 Å². The Morgan fingerprint density at radius 3 is 2.20 bits per heavy atom. The van der Waals surface area contributed by atoms with Crippen LogP contribution in [0, 0.1) is 5.41 Å². The van der Waals surface area contributed by atoms with Crippen LogP contribution in [0.3, 0.4) is 0 Å². The molecule has 0 aliphatic heterocycles. The van der Waals surface area contributed by atoms with E-state index in [9.17, 15) is 5.11 Å². The molecule has 0 unspecified atom stereocenters. The van der Waals surface area contributed by atoms with Gasteiger partial charge in [0.05, 0.1) is 5.69 Å². The van der Waals surface area contributed by atoms with E-state index >= 15 is 0 Å². The Labute approximate surface area is 125 Å². The fraction of sp³-hybridized carbons (Fsp3) is 0.353. The van der Waals surface area contributed by atoms with Crippen LogP contribution in [0.1, 0.15) is 38.4 Å². The maximum Gasteiger partial charge on any atom is 0.132 e. The zero-order chi connectivity index (χ0) is 14.8. The molecule has 1 aromatic carbocycles. The molecule has 2 aromatic rings. The van der Waals surface area contributed by atoms with Gasteiger partial charge in [0, 0.05) is 11.2 Å². The summed E-state index contributed by atoms with van der Waals surface area (Å²) in [6.45, 7) is 6.32. The molecule has 2 nitrogen and oxygen atoms in total. The minimum Gasteiger partial charge on any atom is -0.379 e. The van der Waals surface area contributed by atoms with Gasteiger partial charge in [0.2, 0.25) is 0 Å². The SMILES string of the molecule is CC(C)(C)C[C@](O)(c1ccc(Cl)cc1)c1ccccn1. The summed E-state index contributed by atoms with van der Waals surface area (Å²) in [6, 6.07) is 12.9.